The fraction of sp³-hybridized carbons (Fsp3) is 0.353. The Morgan fingerprint density at radius 1 is 1.36 bits per heavy atom. The van der Waals surface area contributed by atoms with Crippen LogP contribution in [0.2, 0.25) is 0 Å². The number of nitrogens with one attached hydrogen (secondary N) is 1. The van der Waals surface area contributed by atoms with Gasteiger partial charge in [0.1, 0.15) is 5.75 Å². The first-order valence-electron chi connectivity index (χ1n) is 7.69. The van der Waals surface area contributed by atoms with Crippen molar-refractivity contribution < 1.29 is 18.3 Å². The molecule has 1 aromatic heterocycles. The minimum atomic E-state index is -2.82. The first-order valence-corrected chi connectivity index (χ1v) is 8.57. The molecule has 0 aliphatic carbocycles. The molecule has 0 aliphatic heterocycles. The van der Waals surface area contributed by atoms with Gasteiger partial charge in [0.15, 0.2) is 0 Å². The molecule has 1 amide bonds. The van der Waals surface area contributed by atoms with E-state index < -0.39 is 6.61 Å². The van der Waals surface area contributed by atoms with Crippen molar-refractivity contribution in [2.75, 3.05) is 0 Å². The smallest absolute Gasteiger partial charge is 0.387 e. The number of hydrogen-bond donors (Lipinski definition) is 1. The number of aryl methyl sites for hydroxylation is 2. The van der Waals surface area contributed by atoms with E-state index in [4.69, 9.17) is 0 Å². The maximum Gasteiger partial charge on any atom is 0.387 e. The van der Waals surface area contributed by atoms with Crippen LogP contribution >= 0.6 is 11.3 Å². The normalized spacial score (nSPS) is 11.6. The SMILES string of the molecule is C/C(CCc1ccc(OC(F)F)cc1)=N/NC(=O)Cc1csc(C)n1. The highest BCUT2D eigenvalue weighted by Gasteiger charge is 2.06. The standard InChI is InChI=1S/C17H19F2N3O2S/c1-11(21-22-16(23)9-14-10-25-12(2)20-14)3-4-13-5-7-15(8-6-13)24-17(18)19/h5-8,10,17H,3-4,9H2,1-2H3,(H,22,23)/b21-11-. The number of amides is 1. The van der Waals surface area contributed by atoms with Crippen molar-refractivity contribution in [2.24, 2.45) is 5.10 Å². The zero-order valence-electron chi connectivity index (χ0n) is 14.0. The maximum atomic E-state index is 12.1. The number of benzene rings is 1. The quantitative estimate of drug-likeness (QED) is 0.571. The summed E-state index contributed by atoms with van der Waals surface area (Å²) in [5, 5.41) is 6.85. The average molecular weight is 367 g/mol. The molecule has 8 heteroatoms. The maximum absolute atomic E-state index is 12.1. The summed E-state index contributed by atoms with van der Waals surface area (Å²) >= 11 is 1.50. The number of nitrogens with zero attached hydrogens (tertiary/aromatic N) is 2. The summed E-state index contributed by atoms with van der Waals surface area (Å²) in [6.45, 7) is 0.888. The largest absolute Gasteiger partial charge is 0.435 e. The van der Waals surface area contributed by atoms with Crippen LogP contribution in [0.4, 0.5) is 8.78 Å². The van der Waals surface area contributed by atoms with Gasteiger partial charge in [-0.05, 0) is 44.4 Å². The number of thiazole rings is 1. The number of hydrogen-bond acceptors (Lipinski definition) is 5. The second-order valence-electron chi connectivity index (χ2n) is 5.44. The van der Waals surface area contributed by atoms with Crippen LogP contribution in [0.1, 0.15) is 29.6 Å². The third-order valence-electron chi connectivity index (χ3n) is 3.30. The number of halogens is 2. The van der Waals surface area contributed by atoms with Gasteiger partial charge in [-0.15, -0.1) is 11.3 Å². The summed E-state index contributed by atoms with van der Waals surface area (Å²) in [6.07, 6.45) is 1.53. The van der Waals surface area contributed by atoms with Crippen molar-refractivity contribution in [1.29, 1.82) is 0 Å². The lowest BCUT2D eigenvalue weighted by Crippen LogP contribution is -2.21. The molecule has 0 fully saturated rings. The van der Waals surface area contributed by atoms with Crippen LogP contribution in [0.15, 0.2) is 34.7 Å². The summed E-state index contributed by atoms with van der Waals surface area (Å²) < 4.78 is 28.5. The molecule has 2 aromatic rings. The number of ether oxygens (including phenoxy) is 1. The predicted molar refractivity (Wildman–Crippen MR) is 93.2 cm³/mol. The van der Waals surface area contributed by atoms with E-state index in [-0.39, 0.29) is 18.1 Å². The third-order valence-corrected chi connectivity index (χ3v) is 4.13. The number of rotatable bonds is 8. The van der Waals surface area contributed by atoms with Gasteiger partial charge in [0.2, 0.25) is 5.91 Å². The Bertz CT molecular complexity index is 730. The van der Waals surface area contributed by atoms with E-state index >= 15 is 0 Å². The highest BCUT2D eigenvalue weighted by Crippen LogP contribution is 2.16. The Hall–Kier alpha value is -2.35. The topological polar surface area (TPSA) is 63.6 Å². The highest BCUT2D eigenvalue weighted by molar-refractivity contribution is 7.09. The highest BCUT2D eigenvalue weighted by atomic mass is 32.1. The van der Waals surface area contributed by atoms with Crippen molar-refractivity contribution in [3.8, 4) is 5.75 Å². The van der Waals surface area contributed by atoms with Crippen LogP contribution in [0.25, 0.3) is 0 Å². The second kappa shape index (κ2) is 9.22. The van der Waals surface area contributed by atoms with Crippen LogP contribution < -0.4 is 10.2 Å². The van der Waals surface area contributed by atoms with Gasteiger partial charge in [-0.25, -0.2) is 10.4 Å². The molecule has 5 nitrogen and oxygen atoms in total. The molecule has 0 atom stereocenters. The Morgan fingerprint density at radius 2 is 2.08 bits per heavy atom. The monoisotopic (exact) mass is 367 g/mol. The van der Waals surface area contributed by atoms with E-state index in [2.05, 4.69) is 20.2 Å². The molecular formula is C17H19F2N3O2S. The molecule has 0 spiro atoms. The zero-order valence-corrected chi connectivity index (χ0v) is 14.8. The summed E-state index contributed by atoms with van der Waals surface area (Å²) in [6, 6.07) is 6.47. The lowest BCUT2D eigenvalue weighted by molar-refractivity contribution is -0.120. The van der Waals surface area contributed by atoms with Gasteiger partial charge in [0.25, 0.3) is 0 Å². The fourth-order valence-electron chi connectivity index (χ4n) is 2.07. The molecule has 2 rings (SSSR count). The molecule has 0 bridgehead atoms. The average Bonchev–Trinajstić information content (AvgIpc) is 2.96. The first-order chi connectivity index (χ1) is 11.9. The molecule has 0 unspecified atom stereocenters. The minimum absolute atomic E-state index is 0.133. The Labute approximate surface area is 148 Å². The molecule has 0 aliphatic rings. The molecular weight excluding hydrogens is 348 g/mol. The molecule has 25 heavy (non-hydrogen) atoms. The second-order valence-corrected chi connectivity index (χ2v) is 6.50. The molecule has 0 saturated carbocycles. The van der Waals surface area contributed by atoms with Crippen LogP contribution in [0, 0.1) is 6.92 Å². The lowest BCUT2D eigenvalue weighted by Gasteiger charge is -2.06. The van der Waals surface area contributed by atoms with Crippen molar-refractivity contribution in [1.82, 2.24) is 10.4 Å². The number of aromatic nitrogens is 1. The Balaban J connectivity index is 1.76. The fourth-order valence-corrected chi connectivity index (χ4v) is 2.68. The molecule has 134 valence electrons. The van der Waals surface area contributed by atoms with Crippen molar-refractivity contribution in [3.63, 3.8) is 0 Å². The summed E-state index contributed by atoms with van der Waals surface area (Å²) in [5.74, 6) is -0.0770. The summed E-state index contributed by atoms with van der Waals surface area (Å²) in [5.41, 5.74) is 5.00. The number of hydrazone groups is 1. The summed E-state index contributed by atoms with van der Waals surface area (Å²) in [7, 11) is 0. The van der Waals surface area contributed by atoms with E-state index in [0.717, 1.165) is 22.0 Å². The van der Waals surface area contributed by atoms with Gasteiger partial charge < -0.3 is 4.74 Å². The van der Waals surface area contributed by atoms with Crippen LogP contribution in [0.5, 0.6) is 5.75 Å². The van der Waals surface area contributed by atoms with Crippen LogP contribution in [0.3, 0.4) is 0 Å². The Kier molecular flexibility index (Phi) is 7.00. The van der Waals surface area contributed by atoms with Crippen LogP contribution in [-0.4, -0.2) is 23.2 Å². The van der Waals surface area contributed by atoms with Gasteiger partial charge in [-0.2, -0.15) is 13.9 Å². The molecule has 1 aromatic carbocycles. The minimum Gasteiger partial charge on any atom is -0.435 e. The van der Waals surface area contributed by atoms with Crippen molar-refractivity contribution in [2.45, 2.75) is 39.7 Å². The number of carbonyl (C=O) groups is 1. The van der Waals surface area contributed by atoms with E-state index in [1.165, 1.54) is 23.5 Å². The van der Waals surface area contributed by atoms with Crippen molar-refractivity contribution in [3.05, 3.63) is 45.9 Å². The number of carbonyl (C=O) groups excluding carboxylic acids is 1. The lowest BCUT2D eigenvalue weighted by atomic mass is 10.1. The predicted octanol–water partition coefficient (Wildman–Crippen LogP) is 3.72. The first kappa shape index (κ1) is 19.0. The third kappa shape index (κ3) is 6.96. The van der Waals surface area contributed by atoms with E-state index in [0.29, 0.717) is 12.8 Å². The summed E-state index contributed by atoms with van der Waals surface area (Å²) in [4.78, 5) is 16.0. The number of alkyl halides is 2. The Morgan fingerprint density at radius 3 is 2.68 bits per heavy atom. The molecule has 1 heterocycles. The molecule has 0 radical (unpaired) electrons. The molecule has 0 saturated heterocycles. The van der Waals surface area contributed by atoms with E-state index in [9.17, 15) is 13.6 Å². The van der Waals surface area contributed by atoms with E-state index in [1.54, 1.807) is 12.1 Å². The van der Waals surface area contributed by atoms with Crippen LogP contribution in [-0.2, 0) is 17.6 Å². The van der Waals surface area contributed by atoms with Gasteiger partial charge in [0, 0.05) is 11.1 Å². The van der Waals surface area contributed by atoms with E-state index in [1.807, 2.05) is 19.2 Å². The van der Waals surface area contributed by atoms with Gasteiger partial charge in [-0.3, -0.25) is 4.79 Å². The van der Waals surface area contributed by atoms with Crippen molar-refractivity contribution >= 4 is 23.0 Å². The van der Waals surface area contributed by atoms with Gasteiger partial charge >= 0.3 is 6.61 Å². The van der Waals surface area contributed by atoms with Gasteiger partial charge in [0.05, 0.1) is 17.1 Å². The van der Waals surface area contributed by atoms with Gasteiger partial charge in [-0.1, -0.05) is 12.1 Å². The molecule has 1 N–H and O–H groups in total. The zero-order chi connectivity index (χ0) is 18.2.